The second-order valence-electron chi connectivity index (χ2n) is 6.08. The minimum absolute atomic E-state index is 0.640. The van der Waals surface area contributed by atoms with Crippen LogP contribution in [0.3, 0.4) is 0 Å². The number of aryl methyl sites for hydroxylation is 1. The number of ether oxygens (including phenoxy) is 1. The Morgan fingerprint density at radius 3 is 2.38 bits per heavy atom. The maximum atomic E-state index is 5.18. The highest BCUT2D eigenvalue weighted by atomic mass is 16.5. The molecule has 0 atom stereocenters. The van der Waals surface area contributed by atoms with Crippen molar-refractivity contribution in [3.05, 3.63) is 77.5 Å². The van der Waals surface area contributed by atoms with Crippen LogP contribution in [0.15, 0.2) is 60.7 Å². The van der Waals surface area contributed by atoms with E-state index in [-0.39, 0.29) is 0 Å². The average Bonchev–Trinajstić information content (AvgIpc) is 2.67. The fourth-order valence-corrected chi connectivity index (χ4v) is 2.64. The van der Waals surface area contributed by atoms with E-state index in [1.165, 1.54) is 11.1 Å². The molecule has 5 nitrogen and oxygen atoms in total. The van der Waals surface area contributed by atoms with E-state index >= 15 is 0 Å². The monoisotopic (exact) mass is 348 g/mol. The number of aromatic nitrogens is 2. The summed E-state index contributed by atoms with van der Waals surface area (Å²) in [5, 5.41) is 6.67. The van der Waals surface area contributed by atoms with Crippen LogP contribution in [0.5, 0.6) is 5.75 Å². The summed E-state index contributed by atoms with van der Waals surface area (Å²) in [7, 11) is 1.68. The van der Waals surface area contributed by atoms with Gasteiger partial charge in [-0.1, -0.05) is 42.5 Å². The smallest absolute Gasteiger partial charge is 0.225 e. The van der Waals surface area contributed by atoms with E-state index in [1.54, 1.807) is 7.11 Å². The van der Waals surface area contributed by atoms with Crippen LogP contribution >= 0.6 is 0 Å². The molecule has 3 aromatic rings. The number of methoxy groups -OCH3 is 1. The molecule has 0 fully saturated rings. The van der Waals surface area contributed by atoms with Crippen molar-refractivity contribution in [1.29, 1.82) is 0 Å². The largest absolute Gasteiger partial charge is 0.497 e. The van der Waals surface area contributed by atoms with Crippen LogP contribution in [-0.2, 0) is 13.0 Å². The summed E-state index contributed by atoms with van der Waals surface area (Å²) in [4.78, 5) is 9.01. The lowest BCUT2D eigenvalue weighted by Crippen LogP contribution is -2.10. The first kappa shape index (κ1) is 17.7. The molecule has 3 rings (SSSR count). The Labute approximate surface area is 154 Å². The lowest BCUT2D eigenvalue weighted by atomic mass is 10.1. The third-order valence-corrected chi connectivity index (χ3v) is 4.03. The van der Waals surface area contributed by atoms with E-state index in [1.807, 2.05) is 43.3 Å². The zero-order chi connectivity index (χ0) is 18.2. The molecular weight excluding hydrogens is 324 g/mol. The van der Waals surface area contributed by atoms with Crippen molar-refractivity contribution in [2.24, 2.45) is 0 Å². The van der Waals surface area contributed by atoms with Crippen LogP contribution in [0.2, 0.25) is 0 Å². The van der Waals surface area contributed by atoms with Crippen molar-refractivity contribution in [2.75, 3.05) is 24.3 Å². The van der Waals surface area contributed by atoms with Crippen molar-refractivity contribution in [2.45, 2.75) is 19.9 Å². The van der Waals surface area contributed by atoms with Crippen molar-refractivity contribution in [3.63, 3.8) is 0 Å². The minimum Gasteiger partial charge on any atom is -0.497 e. The van der Waals surface area contributed by atoms with Gasteiger partial charge in [0.1, 0.15) is 11.6 Å². The van der Waals surface area contributed by atoms with Crippen molar-refractivity contribution < 1.29 is 4.74 Å². The molecule has 2 aromatic carbocycles. The fourth-order valence-electron chi connectivity index (χ4n) is 2.64. The highest BCUT2D eigenvalue weighted by molar-refractivity contribution is 5.42. The van der Waals surface area contributed by atoms with Gasteiger partial charge in [0.05, 0.1) is 7.11 Å². The SMILES string of the molecule is COc1ccc(CCNc2cc(C)nc(NCc3ccccc3)n2)cc1. The maximum absolute atomic E-state index is 5.18. The number of anilines is 2. The Kier molecular flexibility index (Phi) is 6.04. The van der Waals surface area contributed by atoms with E-state index < -0.39 is 0 Å². The molecule has 0 aliphatic heterocycles. The highest BCUT2D eigenvalue weighted by Gasteiger charge is 2.03. The normalized spacial score (nSPS) is 10.4. The Morgan fingerprint density at radius 1 is 0.885 bits per heavy atom. The van der Waals surface area contributed by atoms with Gasteiger partial charge in [0.15, 0.2) is 0 Å². The number of benzene rings is 2. The van der Waals surface area contributed by atoms with Crippen molar-refractivity contribution in [3.8, 4) is 5.75 Å². The molecule has 5 heteroatoms. The zero-order valence-electron chi connectivity index (χ0n) is 15.2. The van der Waals surface area contributed by atoms with Gasteiger partial charge in [-0.25, -0.2) is 4.98 Å². The van der Waals surface area contributed by atoms with Gasteiger partial charge in [-0.3, -0.25) is 0 Å². The Hall–Kier alpha value is -3.08. The lowest BCUT2D eigenvalue weighted by molar-refractivity contribution is 0.414. The van der Waals surface area contributed by atoms with Crippen molar-refractivity contribution >= 4 is 11.8 Å². The first-order valence-corrected chi connectivity index (χ1v) is 8.73. The molecule has 0 radical (unpaired) electrons. The van der Waals surface area contributed by atoms with Gasteiger partial charge in [0.2, 0.25) is 5.95 Å². The summed E-state index contributed by atoms with van der Waals surface area (Å²) in [5.74, 6) is 2.35. The summed E-state index contributed by atoms with van der Waals surface area (Å²) in [6, 6.07) is 20.3. The molecule has 0 spiro atoms. The standard InChI is InChI=1S/C21H24N4O/c1-16-14-20(22-13-12-17-8-10-19(26-2)11-9-17)25-21(24-16)23-15-18-6-4-3-5-7-18/h3-11,14H,12-13,15H2,1-2H3,(H2,22,23,24,25). The Balaban J connectivity index is 1.54. The number of hydrogen-bond donors (Lipinski definition) is 2. The third-order valence-electron chi connectivity index (χ3n) is 4.03. The number of nitrogens with zero attached hydrogens (tertiary/aromatic N) is 2. The molecule has 0 amide bonds. The first-order valence-electron chi connectivity index (χ1n) is 8.73. The quantitative estimate of drug-likeness (QED) is 0.643. The molecule has 0 aliphatic rings. The van der Waals surface area contributed by atoms with E-state index in [9.17, 15) is 0 Å². The molecular formula is C21H24N4O. The van der Waals surface area contributed by atoms with E-state index in [4.69, 9.17) is 4.74 Å². The molecule has 1 heterocycles. The summed E-state index contributed by atoms with van der Waals surface area (Å²) >= 11 is 0. The van der Waals surface area contributed by atoms with Crippen LogP contribution in [-0.4, -0.2) is 23.6 Å². The average molecular weight is 348 g/mol. The van der Waals surface area contributed by atoms with Gasteiger partial charge in [-0.2, -0.15) is 4.98 Å². The van der Waals surface area contributed by atoms with Crippen LogP contribution in [0.4, 0.5) is 11.8 Å². The zero-order valence-corrected chi connectivity index (χ0v) is 15.2. The maximum Gasteiger partial charge on any atom is 0.225 e. The lowest BCUT2D eigenvalue weighted by Gasteiger charge is -2.10. The first-order chi connectivity index (χ1) is 12.7. The molecule has 0 aliphatic carbocycles. The van der Waals surface area contributed by atoms with E-state index in [0.717, 1.165) is 30.2 Å². The molecule has 134 valence electrons. The summed E-state index contributed by atoms with van der Waals surface area (Å²) in [6.45, 7) is 3.49. The van der Waals surface area contributed by atoms with Crippen LogP contribution in [0.25, 0.3) is 0 Å². The summed E-state index contributed by atoms with van der Waals surface area (Å²) < 4.78 is 5.18. The van der Waals surface area contributed by atoms with Gasteiger partial charge < -0.3 is 15.4 Å². The van der Waals surface area contributed by atoms with Crippen LogP contribution in [0.1, 0.15) is 16.8 Å². The molecule has 2 N–H and O–H groups in total. The van der Waals surface area contributed by atoms with Crippen LogP contribution < -0.4 is 15.4 Å². The van der Waals surface area contributed by atoms with Gasteiger partial charge in [-0.05, 0) is 36.6 Å². The summed E-state index contributed by atoms with van der Waals surface area (Å²) in [6.07, 6.45) is 0.916. The number of rotatable bonds is 8. The molecule has 26 heavy (non-hydrogen) atoms. The second-order valence-corrected chi connectivity index (χ2v) is 6.08. The van der Waals surface area contributed by atoms with Crippen molar-refractivity contribution in [1.82, 2.24) is 9.97 Å². The molecule has 0 bridgehead atoms. The topological polar surface area (TPSA) is 59.1 Å². The highest BCUT2D eigenvalue weighted by Crippen LogP contribution is 2.13. The van der Waals surface area contributed by atoms with E-state index in [0.29, 0.717) is 12.5 Å². The van der Waals surface area contributed by atoms with Gasteiger partial charge in [-0.15, -0.1) is 0 Å². The molecule has 0 saturated heterocycles. The predicted molar refractivity (Wildman–Crippen MR) is 106 cm³/mol. The van der Waals surface area contributed by atoms with E-state index in [2.05, 4.69) is 44.9 Å². The number of nitrogens with one attached hydrogen (secondary N) is 2. The van der Waals surface area contributed by atoms with Gasteiger partial charge >= 0.3 is 0 Å². The fraction of sp³-hybridized carbons (Fsp3) is 0.238. The molecule has 1 aromatic heterocycles. The van der Waals surface area contributed by atoms with Gasteiger partial charge in [0, 0.05) is 24.8 Å². The van der Waals surface area contributed by atoms with Gasteiger partial charge in [0.25, 0.3) is 0 Å². The predicted octanol–water partition coefficient (Wildman–Crippen LogP) is 4.06. The third kappa shape index (κ3) is 5.21. The Bertz CT molecular complexity index is 819. The summed E-state index contributed by atoms with van der Waals surface area (Å²) in [5.41, 5.74) is 3.39. The van der Waals surface area contributed by atoms with Crippen LogP contribution in [0, 0.1) is 6.92 Å². The number of hydrogen-bond acceptors (Lipinski definition) is 5. The Morgan fingerprint density at radius 2 is 1.65 bits per heavy atom. The molecule has 0 saturated carbocycles. The second kappa shape index (κ2) is 8.85. The minimum atomic E-state index is 0.640. The molecule has 0 unspecified atom stereocenters.